The Hall–Kier alpha value is -2.22. The first-order chi connectivity index (χ1) is 11.0. The van der Waals surface area contributed by atoms with E-state index in [2.05, 4.69) is 6.07 Å². The lowest BCUT2D eigenvalue weighted by Gasteiger charge is -2.38. The second-order valence-electron chi connectivity index (χ2n) is 6.10. The molecule has 0 aliphatic heterocycles. The van der Waals surface area contributed by atoms with Crippen molar-refractivity contribution in [1.82, 2.24) is 4.90 Å². The summed E-state index contributed by atoms with van der Waals surface area (Å²) in [6.07, 6.45) is 4.57. The van der Waals surface area contributed by atoms with Crippen molar-refractivity contribution in [2.75, 3.05) is 20.8 Å². The van der Waals surface area contributed by atoms with Gasteiger partial charge in [0, 0.05) is 7.05 Å². The third kappa shape index (κ3) is 3.76. The summed E-state index contributed by atoms with van der Waals surface area (Å²) in [5.41, 5.74) is 0.374. The summed E-state index contributed by atoms with van der Waals surface area (Å²) in [5, 5.41) is 9.55. The Kier molecular flexibility index (Phi) is 5.49. The van der Waals surface area contributed by atoms with Gasteiger partial charge in [0.15, 0.2) is 18.1 Å². The van der Waals surface area contributed by atoms with Gasteiger partial charge >= 0.3 is 0 Å². The molecule has 5 nitrogen and oxygen atoms in total. The van der Waals surface area contributed by atoms with Crippen molar-refractivity contribution in [3.8, 4) is 17.6 Å². The van der Waals surface area contributed by atoms with Crippen LogP contribution in [0.1, 0.15) is 37.7 Å². The number of ether oxygens (including phenoxy) is 2. The molecule has 5 heteroatoms. The molecule has 1 saturated carbocycles. The summed E-state index contributed by atoms with van der Waals surface area (Å²) < 4.78 is 10.9. The Morgan fingerprint density at radius 1 is 1.30 bits per heavy atom. The number of methoxy groups -OCH3 is 1. The standard InChI is InChI=1S/C18H24N2O3/c1-14-7-8-15(16(11-14)22-3)23-12-17(21)20(2)18(13-19)9-5-4-6-10-18/h7-8,11H,4-6,9-10,12H2,1-3H3. The first-order valence-electron chi connectivity index (χ1n) is 7.98. The third-order valence-corrected chi connectivity index (χ3v) is 4.58. The summed E-state index contributed by atoms with van der Waals surface area (Å²) in [6, 6.07) is 7.91. The Balaban J connectivity index is 2.03. The Morgan fingerprint density at radius 2 is 2.00 bits per heavy atom. The molecule has 23 heavy (non-hydrogen) atoms. The van der Waals surface area contributed by atoms with Crippen molar-refractivity contribution in [3.63, 3.8) is 0 Å². The minimum atomic E-state index is -0.684. The van der Waals surface area contributed by atoms with Gasteiger partial charge in [0.05, 0.1) is 13.2 Å². The Bertz CT molecular complexity index is 601. The van der Waals surface area contributed by atoms with Gasteiger partial charge in [-0.2, -0.15) is 5.26 Å². The number of likely N-dealkylation sites (N-methyl/N-ethyl adjacent to an activating group) is 1. The van der Waals surface area contributed by atoms with Gasteiger partial charge in [0.2, 0.25) is 0 Å². The number of aryl methyl sites for hydroxylation is 1. The fraction of sp³-hybridized carbons (Fsp3) is 0.556. The fourth-order valence-electron chi connectivity index (χ4n) is 3.03. The van der Waals surface area contributed by atoms with Crippen LogP contribution in [0, 0.1) is 18.3 Å². The van der Waals surface area contributed by atoms with E-state index < -0.39 is 5.54 Å². The molecule has 1 aromatic rings. The molecule has 0 N–H and O–H groups in total. The van der Waals surface area contributed by atoms with E-state index in [0.29, 0.717) is 11.5 Å². The average molecular weight is 316 g/mol. The second-order valence-corrected chi connectivity index (χ2v) is 6.10. The summed E-state index contributed by atoms with van der Waals surface area (Å²) >= 11 is 0. The number of benzene rings is 1. The van der Waals surface area contributed by atoms with Gasteiger partial charge < -0.3 is 14.4 Å². The summed E-state index contributed by atoms with van der Waals surface area (Å²) in [6.45, 7) is 1.87. The van der Waals surface area contributed by atoms with E-state index in [1.54, 1.807) is 25.1 Å². The van der Waals surface area contributed by atoms with Gasteiger partial charge in [-0.05, 0) is 37.5 Å². The zero-order valence-electron chi connectivity index (χ0n) is 14.1. The predicted octanol–water partition coefficient (Wildman–Crippen LogP) is 3.07. The lowest BCUT2D eigenvalue weighted by atomic mass is 9.81. The number of nitrogens with zero attached hydrogens (tertiary/aromatic N) is 2. The zero-order chi connectivity index (χ0) is 16.9. The maximum absolute atomic E-state index is 12.5. The van der Waals surface area contributed by atoms with Crippen LogP contribution in [0.2, 0.25) is 0 Å². The van der Waals surface area contributed by atoms with Crippen LogP contribution < -0.4 is 9.47 Å². The van der Waals surface area contributed by atoms with Crippen LogP contribution >= 0.6 is 0 Å². The van der Waals surface area contributed by atoms with E-state index >= 15 is 0 Å². The van der Waals surface area contributed by atoms with Gasteiger partial charge in [-0.1, -0.05) is 25.3 Å². The first-order valence-corrected chi connectivity index (χ1v) is 7.98. The topological polar surface area (TPSA) is 62.6 Å². The van der Waals surface area contributed by atoms with E-state index in [4.69, 9.17) is 9.47 Å². The molecule has 1 amide bonds. The SMILES string of the molecule is COc1cc(C)ccc1OCC(=O)N(C)C1(C#N)CCCCC1. The quantitative estimate of drug-likeness (QED) is 0.837. The first kappa shape index (κ1) is 17.1. The Labute approximate surface area is 137 Å². The van der Waals surface area contributed by atoms with Crippen molar-refractivity contribution in [2.45, 2.75) is 44.6 Å². The zero-order valence-corrected chi connectivity index (χ0v) is 14.1. The molecule has 0 radical (unpaired) electrons. The minimum Gasteiger partial charge on any atom is -0.493 e. The van der Waals surface area contributed by atoms with Crippen LogP contribution in [-0.4, -0.2) is 37.1 Å². The van der Waals surface area contributed by atoms with Gasteiger partial charge in [-0.25, -0.2) is 0 Å². The molecule has 0 heterocycles. The maximum atomic E-state index is 12.5. The van der Waals surface area contributed by atoms with Crippen LogP contribution in [0.5, 0.6) is 11.5 Å². The van der Waals surface area contributed by atoms with Crippen molar-refractivity contribution < 1.29 is 14.3 Å². The molecular weight excluding hydrogens is 292 g/mol. The molecule has 0 unspecified atom stereocenters. The molecule has 1 fully saturated rings. The van der Waals surface area contributed by atoms with Gasteiger partial charge in [-0.15, -0.1) is 0 Å². The van der Waals surface area contributed by atoms with Crippen molar-refractivity contribution in [3.05, 3.63) is 23.8 Å². The van der Waals surface area contributed by atoms with Crippen LogP contribution in [0.15, 0.2) is 18.2 Å². The molecule has 2 rings (SSSR count). The highest BCUT2D eigenvalue weighted by atomic mass is 16.5. The molecule has 1 aliphatic carbocycles. The van der Waals surface area contributed by atoms with Crippen LogP contribution in [0.3, 0.4) is 0 Å². The molecule has 1 aromatic carbocycles. The monoisotopic (exact) mass is 316 g/mol. The number of nitriles is 1. The van der Waals surface area contributed by atoms with Gasteiger partial charge in [0.1, 0.15) is 5.54 Å². The van der Waals surface area contributed by atoms with Crippen LogP contribution in [-0.2, 0) is 4.79 Å². The van der Waals surface area contributed by atoms with E-state index in [9.17, 15) is 10.1 Å². The maximum Gasteiger partial charge on any atom is 0.261 e. The van der Waals surface area contributed by atoms with E-state index in [1.807, 2.05) is 19.1 Å². The molecular formula is C18H24N2O3. The molecule has 1 aliphatic rings. The van der Waals surface area contributed by atoms with Crippen LogP contribution in [0.25, 0.3) is 0 Å². The largest absolute Gasteiger partial charge is 0.493 e. The van der Waals surface area contributed by atoms with Crippen LogP contribution in [0.4, 0.5) is 0 Å². The highest BCUT2D eigenvalue weighted by Gasteiger charge is 2.38. The molecule has 0 atom stereocenters. The van der Waals surface area contributed by atoms with E-state index in [-0.39, 0.29) is 12.5 Å². The number of hydrogen-bond donors (Lipinski definition) is 0. The van der Waals surface area contributed by atoms with Crippen molar-refractivity contribution in [2.24, 2.45) is 0 Å². The summed E-state index contributed by atoms with van der Waals surface area (Å²) in [7, 11) is 3.27. The predicted molar refractivity (Wildman–Crippen MR) is 87.4 cm³/mol. The normalized spacial score (nSPS) is 16.3. The summed E-state index contributed by atoms with van der Waals surface area (Å²) in [4.78, 5) is 14.0. The average Bonchev–Trinajstić information content (AvgIpc) is 2.60. The molecule has 0 bridgehead atoms. The summed E-state index contributed by atoms with van der Waals surface area (Å²) in [5.74, 6) is 0.957. The third-order valence-electron chi connectivity index (χ3n) is 4.58. The number of amides is 1. The van der Waals surface area contributed by atoms with E-state index in [0.717, 1.165) is 37.7 Å². The van der Waals surface area contributed by atoms with Gasteiger partial charge in [-0.3, -0.25) is 4.79 Å². The molecule has 0 spiro atoms. The highest BCUT2D eigenvalue weighted by molar-refractivity contribution is 5.79. The number of carbonyl (C=O) groups excluding carboxylic acids is 1. The van der Waals surface area contributed by atoms with Crippen molar-refractivity contribution >= 4 is 5.91 Å². The Morgan fingerprint density at radius 3 is 2.61 bits per heavy atom. The lowest BCUT2D eigenvalue weighted by molar-refractivity contribution is -0.137. The lowest BCUT2D eigenvalue weighted by Crippen LogP contribution is -2.51. The molecule has 124 valence electrons. The minimum absolute atomic E-state index is 0.0979. The van der Waals surface area contributed by atoms with Gasteiger partial charge in [0.25, 0.3) is 5.91 Å². The molecule has 0 saturated heterocycles. The van der Waals surface area contributed by atoms with E-state index in [1.165, 1.54) is 0 Å². The number of rotatable bonds is 5. The van der Waals surface area contributed by atoms with Crippen molar-refractivity contribution in [1.29, 1.82) is 5.26 Å². The highest BCUT2D eigenvalue weighted by Crippen LogP contribution is 2.33. The second kappa shape index (κ2) is 7.36. The fourth-order valence-corrected chi connectivity index (χ4v) is 3.03. The molecule has 0 aromatic heterocycles. The number of carbonyl (C=O) groups is 1. The smallest absolute Gasteiger partial charge is 0.261 e. The number of hydrogen-bond acceptors (Lipinski definition) is 4.